The van der Waals surface area contributed by atoms with Crippen molar-refractivity contribution in [1.29, 1.82) is 5.26 Å². The van der Waals surface area contributed by atoms with Gasteiger partial charge in [0.2, 0.25) is 0 Å². The van der Waals surface area contributed by atoms with E-state index in [9.17, 15) is 18.0 Å². The molecule has 0 aliphatic rings. The quantitative estimate of drug-likeness (QED) is 0.556. The van der Waals surface area contributed by atoms with Crippen LogP contribution in [0.15, 0.2) is 18.2 Å². The average Bonchev–Trinajstić information content (AvgIpc) is 2.28. The van der Waals surface area contributed by atoms with E-state index in [1.165, 1.54) is 0 Å². The van der Waals surface area contributed by atoms with Crippen LogP contribution >= 0.6 is 0 Å². The molecule has 0 saturated carbocycles. The molecule has 2 nitrogen and oxygen atoms in total. The highest BCUT2D eigenvalue weighted by Crippen LogP contribution is 2.30. The molecule has 0 unspecified atom stereocenters. The van der Waals surface area contributed by atoms with Gasteiger partial charge in [-0.3, -0.25) is 0 Å². The molecular weight excluding hydrogens is 231 g/mol. The lowest BCUT2D eigenvalue weighted by Gasteiger charge is -2.06. The second kappa shape index (κ2) is 5.18. The van der Waals surface area contributed by atoms with Gasteiger partial charge in [0.1, 0.15) is 12.4 Å². The van der Waals surface area contributed by atoms with Crippen LogP contribution in [0, 0.1) is 23.2 Å². The molecule has 5 heteroatoms. The van der Waals surface area contributed by atoms with E-state index in [4.69, 9.17) is 5.26 Å². The number of hydrogen-bond acceptors (Lipinski definition) is 2. The maximum atomic E-state index is 12.4. The zero-order valence-electron chi connectivity index (χ0n) is 8.51. The van der Waals surface area contributed by atoms with E-state index in [1.54, 1.807) is 6.07 Å². The Balaban J connectivity index is 3.17. The highest BCUT2D eigenvalue weighted by atomic mass is 19.4. The molecule has 1 aromatic rings. The lowest BCUT2D eigenvalue weighted by molar-refractivity contribution is -0.137. The Bertz CT molecular complexity index is 529. The molecule has 0 fully saturated rings. The highest BCUT2D eigenvalue weighted by molar-refractivity contribution is 5.56. The number of carbonyl (C=O) groups is 1. The van der Waals surface area contributed by atoms with Crippen molar-refractivity contribution in [3.05, 3.63) is 34.9 Å². The van der Waals surface area contributed by atoms with Crippen LogP contribution in [0.5, 0.6) is 0 Å². The third-order valence-corrected chi connectivity index (χ3v) is 1.88. The van der Waals surface area contributed by atoms with Crippen molar-refractivity contribution in [3.63, 3.8) is 0 Å². The molecule has 0 aromatic heterocycles. The summed E-state index contributed by atoms with van der Waals surface area (Å²) in [6, 6.07) is 4.36. The molecule has 1 rings (SSSR count). The van der Waals surface area contributed by atoms with E-state index in [1.807, 2.05) is 0 Å². The highest BCUT2D eigenvalue weighted by Gasteiger charge is 2.30. The van der Waals surface area contributed by atoms with Crippen LogP contribution in [0.2, 0.25) is 0 Å². The Labute approximate surface area is 95.7 Å². The van der Waals surface area contributed by atoms with Gasteiger partial charge < -0.3 is 4.79 Å². The standard InChI is InChI=1S/C12H6F3NO/c13-12(14,15)11-5-4-9(3-1-2-6-17)10(7-11)8-16/h4-7H,2H2. The largest absolute Gasteiger partial charge is 0.416 e. The number of alkyl halides is 3. The van der Waals surface area contributed by atoms with E-state index >= 15 is 0 Å². The molecule has 0 bridgehead atoms. The molecule has 0 aliphatic heterocycles. The van der Waals surface area contributed by atoms with Crippen LogP contribution in [0.3, 0.4) is 0 Å². The first-order valence-electron chi connectivity index (χ1n) is 4.53. The molecule has 0 atom stereocenters. The SMILES string of the molecule is N#Cc1cc(C(F)(F)F)ccc1C#CCC=O. The third kappa shape index (κ3) is 3.35. The van der Waals surface area contributed by atoms with E-state index in [0.29, 0.717) is 6.29 Å². The number of hydrogen-bond donors (Lipinski definition) is 0. The number of rotatable bonds is 1. The summed E-state index contributed by atoms with van der Waals surface area (Å²) in [6.07, 6.45) is -3.94. The fourth-order valence-corrected chi connectivity index (χ4v) is 1.11. The second-order valence-electron chi connectivity index (χ2n) is 3.04. The van der Waals surface area contributed by atoms with Gasteiger partial charge in [0.15, 0.2) is 0 Å². The number of halogens is 3. The predicted octanol–water partition coefficient (Wildman–Crippen LogP) is 2.52. The maximum absolute atomic E-state index is 12.4. The van der Waals surface area contributed by atoms with E-state index < -0.39 is 11.7 Å². The molecule has 0 spiro atoms. The summed E-state index contributed by atoms with van der Waals surface area (Å²) in [7, 11) is 0. The van der Waals surface area contributed by atoms with Crippen molar-refractivity contribution in [2.24, 2.45) is 0 Å². The van der Waals surface area contributed by atoms with Crippen LogP contribution in [0.1, 0.15) is 23.1 Å². The van der Waals surface area contributed by atoms with Gasteiger partial charge in [-0.1, -0.05) is 11.8 Å². The molecule has 0 radical (unpaired) electrons. The molecule has 17 heavy (non-hydrogen) atoms. The molecule has 0 N–H and O–H groups in total. The summed E-state index contributed by atoms with van der Waals surface area (Å²) in [5, 5.41) is 8.71. The van der Waals surface area contributed by atoms with Gasteiger partial charge in [-0.25, -0.2) is 0 Å². The fraction of sp³-hybridized carbons (Fsp3) is 0.167. The van der Waals surface area contributed by atoms with Crippen LogP contribution in [-0.2, 0) is 11.0 Å². The average molecular weight is 237 g/mol. The minimum absolute atomic E-state index is 0.0219. The van der Waals surface area contributed by atoms with E-state index in [-0.39, 0.29) is 17.5 Å². The van der Waals surface area contributed by atoms with Gasteiger partial charge in [-0.15, -0.1) is 0 Å². The lowest BCUT2D eigenvalue weighted by Crippen LogP contribution is -2.05. The molecule has 0 saturated heterocycles. The maximum Gasteiger partial charge on any atom is 0.416 e. The van der Waals surface area contributed by atoms with Crippen molar-refractivity contribution in [2.75, 3.05) is 0 Å². The Morgan fingerprint density at radius 1 is 1.29 bits per heavy atom. The third-order valence-electron chi connectivity index (χ3n) is 1.88. The van der Waals surface area contributed by atoms with Crippen molar-refractivity contribution < 1.29 is 18.0 Å². The molecular formula is C12H6F3NO. The number of nitrogens with zero attached hydrogens (tertiary/aromatic N) is 1. The number of benzene rings is 1. The van der Waals surface area contributed by atoms with E-state index in [2.05, 4.69) is 11.8 Å². The number of aldehydes is 1. The summed E-state index contributed by atoms with van der Waals surface area (Å²) < 4.78 is 37.1. The molecule has 0 aliphatic carbocycles. The van der Waals surface area contributed by atoms with Gasteiger partial charge in [0.25, 0.3) is 0 Å². The predicted molar refractivity (Wildman–Crippen MR) is 53.7 cm³/mol. The van der Waals surface area contributed by atoms with Gasteiger partial charge in [0, 0.05) is 5.56 Å². The minimum Gasteiger partial charge on any atom is -0.302 e. The van der Waals surface area contributed by atoms with Gasteiger partial charge >= 0.3 is 6.18 Å². The summed E-state index contributed by atoms with van der Waals surface area (Å²) in [5.41, 5.74) is -0.865. The smallest absolute Gasteiger partial charge is 0.302 e. The topological polar surface area (TPSA) is 40.9 Å². The Kier molecular flexibility index (Phi) is 3.90. The lowest BCUT2D eigenvalue weighted by atomic mass is 10.0. The number of carbonyl (C=O) groups excluding carboxylic acids is 1. The van der Waals surface area contributed by atoms with Gasteiger partial charge in [-0.2, -0.15) is 18.4 Å². The van der Waals surface area contributed by atoms with Crippen LogP contribution in [0.4, 0.5) is 13.2 Å². The van der Waals surface area contributed by atoms with Crippen molar-refractivity contribution in [2.45, 2.75) is 12.6 Å². The second-order valence-corrected chi connectivity index (χ2v) is 3.04. The molecule has 0 heterocycles. The van der Waals surface area contributed by atoms with Gasteiger partial charge in [-0.05, 0) is 18.2 Å². The van der Waals surface area contributed by atoms with Crippen LogP contribution in [0.25, 0.3) is 0 Å². The summed E-state index contributed by atoms with van der Waals surface area (Å²) in [6.45, 7) is 0. The van der Waals surface area contributed by atoms with E-state index in [0.717, 1.165) is 18.2 Å². The zero-order valence-corrected chi connectivity index (χ0v) is 8.51. The Morgan fingerprint density at radius 3 is 2.53 bits per heavy atom. The Morgan fingerprint density at radius 2 is 2.00 bits per heavy atom. The van der Waals surface area contributed by atoms with Crippen molar-refractivity contribution in [1.82, 2.24) is 0 Å². The van der Waals surface area contributed by atoms with Crippen molar-refractivity contribution >= 4 is 6.29 Å². The van der Waals surface area contributed by atoms with Crippen molar-refractivity contribution in [3.8, 4) is 17.9 Å². The zero-order chi connectivity index (χ0) is 12.9. The summed E-state index contributed by atoms with van der Waals surface area (Å²) in [5.74, 6) is 4.91. The first kappa shape index (κ1) is 12.8. The normalized spacial score (nSPS) is 10.0. The van der Waals surface area contributed by atoms with Crippen LogP contribution < -0.4 is 0 Å². The van der Waals surface area contributed by atoms with Gasteiger partial charge in [0.05, 0.1) is 17.5 Å². The first-order chi connectivity index (χ1) is 7.99. The monoisotopic (exact) mass is 237 g/mol. The summed E-state index contributed by atoms with van der Waals surface area (Å²) in [4.78, 5) is 10.0. The summed E-state index contributed by atoms with van der Waals surface area (Å²) >= 11 is 0. The minimum atomic E-state index is -4.49. The molecule has 1 aromatic carbocycles. The molecule has 0 amide bonds. The fourth-order valence-electron chi connectivity index (χ4n) is 1.11. The molecule has 86 valence electrons. The van der Waals surface area contributed by atoms with Crippen LogP contribution in [-0.4, -0.2) is 6.29 Å². The number of nitriles is 1. The Hall–Kier alpha value is -2.27. The first-order valence-corrected chi connectivity index (χ1v) is 4.53.